The van der Waals surface area contributed by atoms with Crippen LogP contribution in [0.3, 0.4) is 0 Å². The van der Waals surface area contributed by atoms with Crippen LogP contribution in [0.25, 0.3) is 10.9 Å². The minimum atomic E-state index is 0.461. The van der Waals surface area contributed by atoms with Crippen LogP contribution in [-0.4, -0.2) is 18.2 Å². The fourth-order valence-electron chi connectivity index (χ4n) is 2.83. The molecule has 1 saturated heterocycles. The highest BCUT2D eigenvalue weighted by atomic mass is 79.9. The van der Waals surface area contributed by atoms with Crippen LogP contribution in [0.15, 0.2) is 22.7 Å². The van der Waals surface area contributed by atoms with Crippen LogP contribution >= 0.6 is 15.9 Å². The molecule has 2 heterocycles. The van der Waals surface area contributed by atoms with Gasteiger partial charge in [-0.15, -0.1) is 0 Å². The van der Waals surface area contributed by atoms with Gasteiger partial charge in [-0.05, 0) is 53.5 Å². The molecule has 1 atom stereocenters. The monoisotopic (exact) mass is 308 g/mol. The molecule has 18 heavy (non-hydrogen) atoms. The average Bonchev–Trinajstić information content (AvgIpc) is 2.98. The number of aromatic nitrogens is 1. The summed E-state index contributed by atoms with van der Waals surface area (Å²) in [6, 6.07) is 6.69. The van der Waals surface area contributed by atoms with E-state index >= 15 is 0 Å². The summed E-state index contributed by atoms with van der Waals surface area (Å²) < 4.78 is 8.78. The molecule has 1 aliphatic rings. The first-order valence-electron chi connectivity index (χ1n) is 6.27. The van der Waals surface area contributed by atoms with E-state index < -0.39 is 0 Å². The smallest absolute Gasteiger partial charge is 0.119 e. The lowest BCUT2D eigenvalue weighted by Crippen LogP contribution is -2.16. The van der Waals surface area contributed by atoms with Gasteiger partial charge in [0, 0.05) is 34.2 Å². The van der Waals surface area contributed by atoms with Crippen molar-refractivity contribution in [3.05, 3.63) is 28.4 Å². The van der Waals surface area contributed by atoms with Crippen LogP contribution in [0.1, 0.15) is 24.6 Å². The van der Waals surface area contributed by atoms with E-state index in [-0.39, 0.29) is 0 Å². The molecule has 96 valence electrons. The first kappa shape index (κ1) is 12.1. The van der Waals surface area contributed by atoms with Gasteiger partial charge in [-0.2, -0.15) is 0 Å². The van der Waals surface area contributed by atoms with Crippen LogP contribution in [0, 0.1) is 0 Å². The van der Waals surface area contributed by atoms with E-state index in [0.717, 1.165) is 12.3 Å². The number of ether oxygens (including phenoxy) is 1. The Morgan fingerprint density at radius 1 is 1.44 bits per heavy atom. The van der Waals surface area contributed by atoms with E-state index in [1.54, 1.807) is 7.11 Å². The molecule has 0 saturated carbocycles. The van der Waals surface area contributed by atoms with Crippen LogP contribution < -0.4 is 10.1 Å². The molecule has 1 unspecified atom stereocenters. The largest absolute Gasteiger partial charge is 0.497 e. The number of fused-ring (bicyclic) bond motifs is 1. The standard InChI is InChI=1S/C14H17BrN2O/c1-17-12-6-5-9(18-2)8-10(12)13(15)14(17)11-4-3-7-16-11/h5-6,8,11,16H,3-4,7H2,1-2H3. The van der Waals surface area contributed by atoms with Crippen molar-refractivity contribution in [3.8, 4) is 5.75 Å². The SMILES string of the molecule is COc1ccc2c(c1)c(Br)c(C1CCCN1)n2C. The number of hydrogen-bond donors (Lipinski definition) is 1. The summed E-state index contributed by atoms with van der Waals surface area (Å²) in [6.45, 7) is 1.11. The molecular formula is C14H17BrN2O. The summed E-state index contributed by atoms with van der Waals surface area (Å²) in [5.74, 6) is 0.903. The van der Waals surface area contributed by atoms with Gasteiger partial charge >= 0.3 is 0 Å². The number of nitrogens with one attached hydrogen (secondary N) is 1. The highest BCUT2D eigenvalue weighted by Crippen LogP contribution is 2.38. The zero-order valence-electron chi connectivity index (χ0n) is 10.7. The van der Waals surface area contributed by atoms with Gasteiger partial charge in [0.1, 0.15) is 5.75 Å². The maximum absolute atomic E-state index is 5.31. The third-order valence-electron chi connectivity index (χ3n) is 3.78. The lowest BCUT2D eigenvalue weighted by atomic mass is 10.1. The molecule has 2 aromatic rings. The van der Waals surface area contributed by atoms with Gasteiger partial charge in [-0.1, -0.05) is 0 Å². The highest BCUT2D eigenvalue weighted by Gasteiger charge is 2.24. The second-order valence-electron chi connectivity index (χ2n) is 4.79. The van der Waals surface area contributed by atoms with Gasteiger partial charge in [-0.3, -0.25) is 0 Å². The van der Waals surface area contributed by atoms with Crippen molar-refractivity contribution >= 4 is 26.8 Å². The quantitative estimate of drug-likeness (QED) is 0.920. The van der Waals surface area contributed by atoms with Gasteiger partial charge in [0.25, 0.3) is 0 Å². The van der Waals surface area contributed by atoms with Crippen LogP contribution in [0.4, 0.5) is 0 Å². The van der Waals surface area contributed by atoms with Crippen molar-refractivity contribution in [3.63, 3.8) is 0 Å². The fraction of sp³-hybridized carbons (Fsp3) is 0.429. The molecular weight excluding hydrogens is 292 g/mol. The summed E-state index contributed by atoms with van der Waals surface area (Å²) in [6.07, 6.45) is 2.46. The van der Waals surface area contributed by atoms with E-state index in [1.165, 1.54) is 33.9 Å². The molecule has 0 aliphatic carbocycles. The Hall–Kier alpha value is -1.00. The second kappa shape index (κ2) is 4.59. The topological polar surface area (TPSA) is 26.2 Å². The average molecular weight is 309 g/mol. The lowest BCUT2D eigenvalue weighted by Gasteiger charge is -2.12. The predicted octanol–water partition coefficient (Wildman–Crippen LogP) is 3.37. The number of hydrogen-bond acceptors (Lipinski definition) is 2. The van der Waals surface area contributed by atoms with Crippen molar-refractivity contribution in [1.29, 1.82) is 0 Å². The number of aryl methyl sites for hydroxylation is 1. The van der Waals surface area contributed by atoms with Crippen LogP contribution in [0.5, 0.6) is 5.75 Å². The highest BCUT2D eigenvalue weighted by molar-refractivity contribution is 9.10. The van der Waals surface area contributed by atoms with E-state index in [9.17, 15) is 0 Å². The number of benzene rings is 1. The Labute approximate surface area is 115 Å². The Kier molecular flexibility index (Phi) is 3.08. The van der Waals surface area contributed by atoms with Gasteiger partial charge in [0.2, 0.25) is 0 Å². The zero-order chi connectivity index (χ0) is 12.7. The maximum atomic E-state index is 5.31. The molecule has 0 spiro atoms. The number of halogens is 1. The summed E-state index contributed by atoms with van der Waals surface area (Å²) >= 11 is 3.76. The van der Waals surface area contributed by atoms with Gasteiger partial charge in [0.15, 0.2) is 0 Å². The summed E-state index contributed by atoms with van der Waals surface area (Å²) in [5.41, 5.74) is 2.59. The van der Waals surface area contributed by atoms with Gasteiger partial charge in [-0.25, -0.2) is 0 Å². The maximum Gasteiger partial charge on any atom is 0.119 e. The summed E-state index contributed by atoms with van der Waals surface area (Å²) in [7, 11) is 3.84. The van der Waals surface area contributed by atoms with Crippen molar-refractivity contribution in [2.24, 2.45) is 7.05 Å². The van der Waals surface area contributed by atoms with E-state index in [1.807, 2.05) is 6.07 Å². The molecule has 3 rings (SSSR count). The van der Waals surface area contributed by atoms with E-state index in [2.05, 4.69) is 45.0 Å². The first-order chi connectivity index (χ1) is 8.72. The minimum Gasteiger partial charge on any atom is -0.497 e. The van der Waals surface area contributed by atoms with Crippen molar-refractivity contribution in [1.82, 2.24) is 9.88 Å². The van der Waals surface area contributed by atoms with Crippen LogP contribution in [-0.2, 0) is 7.05 Å². The molecule has 1 aliphatic heterocycles. The number of rotatable bonds is 2. The van der Waals surface area contributed by atoms with Gasteiger partial charge in [0.05, 0.1) is 7.11 Å². The van der Waals surface area contributed by atoms with Crippen molar-refractivity contribution in [2.45, 2.75) is 18.9 Å². The molecule has 1 aromatic heterocycles. The van der Waals surface area contributed by atoms with Crippen LogP contribution in [0.2, 0.25) is 0 Å². The van der Waals surface area contributed by atoms with Crippen molar-refractivity contribution < 1.29 is 4.74 Å². The van der Waals surface area contributed by atoms with Crippen molar-refractivity contribution in [2.75, 3.05) is 13.7 Å². The Morgan fingerprint density at radius 3 is 2.94 bits per heavy atom. The second-order valence-corrected chi connectivity index (χ2v) is 5.58. The van der Waals surface area contributed by atoms with Gasteiger partial charge < -0.3 is 14.6 Å². The fourth-order valence-corrected chi connectivity index (χ4v) is 3.69. The third kappa shape index (κ3) is 1.75. The van der Waals surface area contributed by atoms with E-state index in [4.69, 9.17) is 4.74 Å². The molecule has 0 radical (unpaired) electrons. The molecule has 1 fully saturated rings. The lowest BCUT2D eigenvalue weighted by molar-refractivity contribution is 0.415. The molecule has 1 N–H and O–H groups in total. The Balaban J connectivity index is 2.20. The molecule has 3 nitrogen and oxygen atoms in total. The normalized spacial score (nSPS) is 19.6. The number of nitrogens with zero attached hydrogens (tertiary/aromatic N) is 1. The summed E-state index contributed by atoms with van der Waals surface area (Å²) in [4.78, 5) is 0. The molecule has 0 bridgehead atoms. The Bertz CT molecular complexity index is 585. The van der Waals surface area contributed by atoms with E-state index in [0.29, 0.717) is 6.04 Å². The summed E-state index contributed by atoms with van der Waals surface area (Å²) in [5, 5.41) is 4.78. The molecule has 4 heteroatoms. The zero-order valence-corrected chi connectivity index (χ0v) is 12.3. The predicted molar refractivity (Wildman–Crippen MR) is 77.1 cm³/mol. The molecule has 1 aromatic carbocycles. The first-order valence-corrected chi connectivity index (χ1v) is 7.07. The third-order valence-corrected chi connectivity index (χ3v) is 4.61. The number of methoxy groups -OCH3 is 1. The molecule has 0 amide bonds. The Morgan fingerprint density at radius 2 is 2.28 bits per heavy atom. The minimum absolute atomic E-state index is 0.461.